The molecule has 0 fully saturated rings. The Balaban J connectivity index is 1.68. The maximum atomic E-state index is 12.4. The molecule has 1 amide bonds. The molecule has 2 aromatic heterocycles. The fourth-order valence-corrected chi connectivity index (χ4v) is 4.15. The van der Waals surface area contributed by atoms with Gasteiger partial charge in [-0.2, -0.15) is 0 Å². The molecule has 3 aromatic rings. The average molecular weight is 438 g/mol. The quantitative estimate of drug-likeness (QED) is 0.520. The Morgan fingerprint density at radius 2 is 1.94 bits per heavy atom. The molecule has 0 spiro atoms. The first kappa shape index (κ1) is 21.6. The van der Waals surface area contributed by atoms with Crippen LogP contribution in [0.2, 0.25) is 0 Å². The Labute approximate surface area is 184 Å². The Bertz CT molecular complexity index is 1280. The summed E-state index contributed by atoms with van der Waals surface area (Å²) in [5, 5.41) is 16.6. The number of furan rings is 1. The van der Waals surface area contributed by atoms with Gasteiger partial charge in [0, 0.05) is 32.3 Å². The predicted octanol–water partition coefficient (Wildman–Crippen LogP) is 2.86. The molecule has 1 unspecified atom stereocenters. The first-order chi connectivity index (χ1) is 15.0. The highest BCUT2D eigenvalue weighted by Gasteiger charge is 2.39. The van der Waals surface area contributed by atoms with Crippen molar-refractivity contribution in [3.63, 3.8) is 0 Å². The first-order valence-corrected chi connectivity index (χ1v) is 10.4. The number of pyridine rings is 1. The SMILES string of the molecule is Cc1cc2c(o1)CCC(C)(C)C2Nc1c(Nc2ccnc(C(=O)N(C)C)c2O)c(=O)c1=O. The molecule has 4 rings (SSSR count). The predicted molar refractivity (Wildman–Crippen MR) is 120 cm³/mol. The van der Waals surface area contributed by atoms with Gasteiger partial charge >= 0.3 is 0 Å². The van der Waals surface area contributed by atoms with Crippen LogP contribution in [0.25, 0.3) is 0 Å². The van der Waals surface area contributed by atoms with Crippen molar-refractivity contribution in [1.82, 2.24) is 9.88 Å². The topological polar surface area (TPSA) is 125 Å². The van der Waals surface area contributed by atoms with E-state index in [0.717, 1.165) is 29.9 Å². The molecule has 1 aliphatic rings. The van der Waals surface area contributed by atoms with Crippen LogP contribution in [-0.2, 0) is 6.42 Å². The van der Waals surface area contributed by atoms with E-state index in [0.29, 0.717) is 0 Å². The van der Waals surface area contributed by atoms with Crippen LogP contribution < -0.4 is 21.5 Å². The minimum Gasteiger partial charge on any atom is -0.504 e. The molecule has 1 aromatic carbocycles. The van der Waals surface area contributed by atoms with Crippen LogP contribution in [0.4, 0.5) is 17.1 Å². The van der Waals surface area contributed by atoms with Crippen LogP contribution in [0.1, 0.15) is 53.9 Å². The fourth-order valence-electron chi connectivity index (χ4n) is 4.15. The molecule has 0 bridgehead atoms. The number of nitrogens with zero attached hydrogens (tertiary/aromatic N) is 2. The molecule has 1 aliphatic carbocycles. The molecule has 9 heteroatoms. The van der Waals surface area contributed by atoms with Gasteiger partial charge < -0.3 is 25.1 Å². The van der Waals surface area contributed by atoms with Crippen molar-refractivity contribution in [2.45, 2.75) is 39.7 Å². The lowest BCUT2D eigenvalue weighted by molar-refractivity contribution is 0.0819. The van der Waals surface area contributed by atoms with Crippen molar-refractivity contribution < 1.29 is 14.3 Å². The number of aryl methyl sites for hydroxylation is 2. The highest BCUT2D eigenvalue weighted by molar-refractivity contribution is 5.97. The Morgan fingerprint density at radius 1 is 1.25 bits per heavy atom. The lowest BCUT2D eigenvalue weighted by Crippen LogP contribution is -2.41. The highest BCUT2D eigenvalue weighted by atomic mass is 16.3. The van der Waals surface area contributed by atoms with E-state index in [4.69, 9.17) is 4.42 Å². The van der Waals surface area contributed by atoms with Gasteiger partial charge in [-0.25, -0.2) is 4.98 Å². The maximum absolute atomic E-state index is 12.4. The molecule has 3 N–H and O–H groups in total. The van der Waals surface area contributed by atoms with Gasteiger partial charge in [0.2, 0.25) is 0 Å². The summed E-state index contributed by atoms with van der Waals surface area (Å²) in [6, 6.07) is 3.16. The van der Waals surface area contributed by atoms with Crippen LogP contribution in [-0.4, -0.2) is 35.0 Å². The van der Waals surface area contributed by atoms with Crippen molar-refractivity contribution in [1.29, 1.82) is 0 Å². The second-order valence-corrected chi connectivity index (χ2v) is 9.09. The van der Waals surface area contributed by atoms with Crippen molar-refractivity contribution in [3.05, 3.63) is 61.6 Å². The van der Waals surface area contributed by atoms with E-state index in [-0.39, 0.29) is 34.2 Å². The number of nitrogens with one attached hydrogen (secondary N) is 2. The maximum Gasteiger partial charge on any atom is 0.275 e. The zero-order chi connectivity index (χ0) is 23.4. The van der Waals surface area contributed by atoms with Gasteiger partial charge in [0.25, 0.3) is 16.8 Å². The Morgan fingerprint density at radius 3 is 2.62 bits per heavy atom. The lowest BCUT2D eigenvalue weighted by Gasteiger charge is -2.39. The normalized spacial score (nSPS) is 17.1. The number of hydrogen-bond donors (Lipinski definition) is 3. The number of rotatable bonds is 5. The molecule has 2 heterocycles. The summed E-state index contributed by atoms with van der Waals surface area (Å²) >= 11 is 0. The van der Waals surface area contributed by atoms with Crippen molar-refractivity contribution >= 4 is 23.0 Å². The molecule has 32 heavy (non-hydrogen) atoms. The summed E-state index contributed by atoms with van der Waals surface area (Å²) in [4.78, 5) is 42.3. The average Bonchev–Trinajstić information content (AvgIpc) is 3.12. The minimum absolute atomic E-state index is 0.0443. The van der Waals surface area contributed by atoms with Crippen LogP contribution in [0.15, 0.2) is 32.3 Å². The zero-order valence-electron chi connectivity index (χ0n) is 18.7. The first-order valence-electron chi connectivity index (χ1n) is 10.4. The Hall–Kier alpha value is -3.62. The summed E-state index contributed by atoms with van der Waals surface area (Å²) in [5.74, 6) is 0.797. The largest absolute Gasteiger partial charge is 0.504 e. The summed E-state index contributed by atoms with van der Waals surface area (Å²) in [6.45, 7) is 6.08. The van der Waals surface area contributed by atoms with Crippen LogP contribution in [0, 0.1) is 12.3 Å². The molecule has 168 valence electrons. The van der Waals surface area contributed by atoms with Crippen LogP contribution in [0.3, 0.4) is 0 Å². The van der Waals surface area contributed by atoms with Crippen molar-refractivity contribution in [2.75, 3.05) is 24.7 Å². The summed E-state index contributed by atoms with van der Waals surface area (Å²) < 4.78 is 5.80. The van der Waals surface area contributed by atoms with Crippen molar-refractivity contribution in [2.24, 2.45) is 5.41 Å². The van der Waals surface area contributed by atoms with E-state index in [1.54, 1.807) is 14.1 Å². The summed E-state index contributed by atoms with van der Waals surface area (Å²) in [7, 11) is 3.08. The number of aromatic hydroxyl groups is 1. The van der Waals surface area contributed by atoms with Gasteiger partial charge in [-0.1, -0.05) is 13.8 Å². The van der Waals surface area contributed by atoms with E-state index < -0.39 is 22.5 Å². The molecule has 0 saturated heterocycles. The van der Waals surface area contributed by atoms with E-state index in [1.165, 1.54) is 17.2 Å². The molecule has 0 aliphatic heterocycles. The van der Waals surface area contributed by atoms with E-state index in [1.807, 2.05) is 13.0 Å². The second kappa shape index (κ2) is 7.51. The van der Waals surface area contributed by atoms with Gasteiger partial charge in [0.1, 0.15) is 22.9 Å². The van der Waals surface area contributed by atoms with Gasteiger partial charge in [-0.15, -0.1) is 0 Å². The standard InChI is InChI=1S/C23H26N4O5/c1-11-10-12-14(32-11)6-8-23(2,3)21(12)26-16-15(19(29)20(16)30)25-13-7-9-24-17(18(13)28)22(31)27(4)5/h7,9-10,21,26,28H,6,8H2,1-5H3,(H,24,25). The molecule has 0 radical (unpaired) electrons. The molecule has 0 saturated carbocycles. The third kappa shape index (κ3) is 3.43. The van der Waals surface area contributed by atoms with E-state index in [9.17, 15) is 19.5 Å². The number of fused-ring (bicyclic) bond motifs is 1. The van der Waals surface area contributed by atoms with Gasteiger partial charge in [0.15, 0.2) is 11.4 Å². The van der Waals surface area contributed by atoms with Crippen LogP contribution >= 0.6 is 0 Å². The van der Waals surface area contributed by atoms with E-state index >= 15 is 0 Å². The smallest absolute Gasteiger partial charge is 0.275 e. The minimum atomic E-state index is -0.693. The van der Waals surface area contributed by atoms with Crippen LogP contribution in [0.5, 0.6) is 5.75 Å². The molecule has 1 atom stereocenters. The number of anilines is 3. The Kier molecular flexibility index (Phi) is 5.07. The third-order valence-corrected chi connectivity index (χ3v) is 6.05. The summed E-state index contributed by atoms with van der Waals surface area (Å²) in [5.41, 5.74) is -0.383. The number of carbonyl (C=O) groups excluding carboxylic acids is 1. The molecule has 9 nitrogen and oxygen atoms in total. The number of carbonyl (C=O) groups is 1. The third-order valence-electron chi connectivity index (χ3n) is 6.05. The number of hydrogen-bond acceptors (Lipinski definition) is 8. The fraction of sp³-hybridized carbons (Fsp3) is 0.391. The van der Waals surface area contributed by atoms with Gasteiger partial charge in [-0.05, 0) is 30.9 Å². The molecular weight excluding hydrogens is 412 g/mol. The van der Waals surface area contributed by atoms with Gasteiger partial charge in [0.05, 0.1) is 11.7 Å². The molecular formula is C23H26N4O5. The van der Waals surface area contributed by atoms with Crippen molar-refractivity contribution in [3.8, 4) is 5.75 Å². The number of amides is 1. The zero-order valence-corrected chi connectivity index (χ0v) is 18.7. The lowest BCUT2D eigenvalue weighted by atomic mass is 9.72. The monoisotopic (exact) mass is 438 g/mol. The van der Waals surface area contributed by atoms with Gasteiger partial charge in [-0.3, -0.25) is 14.4 Å². The number of aromatic nitrogens is 1. The second-order valence-electron chi connectivity index (χ2n) is 9.09. The summed E-state index contributed by atoms with van der Waals surface area (Å²) in [6.07, 6.45) is 3.01. The van der Waals surface area contributed by atoms with E-state index in [2.05, 4.69) is 29.5 Å². The highest BCUT2D eigenvalue weighted by Crippen LogP contribution is 2.46.